The molecular weight excluding hydrogens is 274 g/mol. The van der Waals surface area contributed by atoms with Gasteiger partial charge in [0.25, 0.3) is 0 Å². The van der Waals surface area contributed by atoms with Gasteiger partial charge in [-0.15, -0.1) is 0 Å². The van der Waals surface area contributed by atoms with Gasteiger partial charge in [0.1, 0.15) is 11.6 Å². The Hall–Kier alpha value is -2.76. The molecule has 2 aromatic heterocycles. The molecule has 0 unspecified atom stereocenters. The predicted octanol–water partition coefficient (Wildman–Crippen LogP) is 3.16. The molecule has 0 spiro atoms. The molecule has 4 nitrogen and oxygen atoms in total. The molecule has 2 heterocycles. The van der Waals surface area contributed by atoms with Crippen molar-refractivity contribution in [2.75, 3.05) is 5.32 Å². The van der Waals surface area contributed by atoms with Gasteiger partial charge >= 0.3 is 0 Å². The van der Waals surface area contributed by atoms with Crippen molar-refractivity contribution in [3.05, 3.63) is 72.2 Å². The maximum Gasteiger partial charge on any atom is 0.153 e. The van der Waals surface area contributed by atoms with Gasteiger partial charge in [-0.25, -0.2) is 18.4 Å². The van der Waals surface area contributed by atoms with Gasteiger partial charge in [-0.05, 0) is 35.9 Å². The van der Waals surface area contributed by atoms with Gasteiger partial charge < -0.3 is 5.32 Å². The lowest BCUT2D eigenvalue weighted by atomic mass is 10.2. The molecule has 0 saturated heterocycles. The number of nitrogens with one attached hydrogen (secondary N) is 1. The van der Waals surface area contributed by atoms with Crippen LogP contribution in [0.15, 0.2) is 55.0 Å². The van der Waals surface area contributed by atoms with Crippen LogP contribution in [0.3, 0.4) is 0 Å². The molecule has 0 amide bonds. The lowest BCUT2D eigenvalue weighted by molar-refractivity contribution is 0.580. The van der Waals surface area contributed by atoms with Gasteiger partial charge in [-0.2, -0.15) is 5.10 Å². The van der Waals surface area contributed by atoms with E-state index < -0.39 is 11.6 Å². The van der Waals surface area contributed by atoms with Crippen LogP contribution in [0.2, 0.25) is 0 Å². The van der Waals surface area contributed by atoms with Gasteiger partial charge in [0.2, 0.25) is 0 Å². The van der Waals surface area contributed by atoms with E-state index in [9.17, 15) is 8.78 Å². The fourth-order valence-corrected chi connectivity index (χ4v) is 1.95. The van der Waals surface area contributed by atoms with Crippen LogP contribution < -0.4 is 5.32 Å². The number of nitrogens with zero attached hydrogens (tertiary/aromatic N) is 3. The smallest absolute Gasteiger partial charge is 0.153 e. The van der Waals surface area contributed by atoms with Crippen molar-refractivity contribution in [1.82, 2.24) is 14.8 Å². The van der Waals surface area contributed by atoms with Crippen molar-refractivity contribution in [2.45, 2.75) is 6.54 Å². The molecule has 6 heteroatoms. The third-order valence-corrected chi connectivity index (χ3v) is 2.91. The van der Waals surface area contributed by atoms with Crippen molar-refractivity contribution in [1.29, 1.82) is 0 Å². The second-order valence-corrected chi connectivity index (χ2v) is 4.49. The van der Waals surface area contributed by atoms with Crippen LogP contribution in [-0.4, -0.2) is 14.8 Å². The Kier molecular flexibility index (Phi) is 3.59. The van der Waals surface area contributed by atoms with Crippen molar-refractivity contribution >= 4 is 5.69 Å². The Morgan fingerprint density at radius 1 is 1.10 bits per heavy atom. The standard InChI is InChI=1S/C15H12F2N4/c16-12-6-11(7-13(17)8-12)9-18-14-2-3-15(19-10-14)21-5-1-4-20-21/h1-8,10,18H,9H2. The van der Waals surface area contributed by atoms with Gasteiger partial charge in [0.05, 0.1) is 11.9 Å². The summed E-state index contributed by atoms with van der Waals surface area (Å²) in [6, 6.07) is 8.89. The second kappa shape index (κ2) is 5.70. The van der Waals surface area contributed by atoms with Gasteiger partial charge in [0.15, 0.2) is 5.82 Å². The van der Waals surface area contributed by atoms with Gasteiger partial charge in [0, 0.05) is 25.0 Å². The quantitative estimate of drug-likeness (QED) is 0.801. The van der Waals surface area contributed by atoms with E-state index in [0.29, 0.717) is 17.9 Å². The maximum absolute atomic E-state index is 13.1. The molecule has 21 heavy (non-hydrogen) atoms. The fraction of sp³-hybridized carbons (Fsp3) is 0.0667. The number of benzene rings is 1. The molecule has 106 valence electrons. The summed E-state index contributed by atoms with van der Waals surface area (Å²) in [4.78, 5) is 4.26. The Bertz CT molecular complexity index is 704. The number of anilines is 1. The molecule has 3 aromatic rings. The molecule has 1 N–H and O–H groups in total. The summed E-state index contributed by atoms with van der Waals surface area (Å²) >= 11 is 0. The zero-order chi connectivity index (χ0) is 14.7. The molecule has 0 aliphatic rings. The van der Waals surface area contributed by atoms with Crippen molar-refractivity contribution < 1.29 is 8.78 Å². The highest BCUT2D eigenvalue weighted by Crippen LogP contribution is 2.12. The average molecular weight is 286 g/mol. The van der Waals surface area contributed by atoms with E-state index in [1.165, 1.54) is 12.1 Å². The van der Waals surface area contributed by atoms with E-state index in [2.05, 4.69) is 15.4 Å². The van der Waals surface area contributed by atoms with Crippen molar-refractivity contribution in [2.24, 2.45) is 0 Å². The van der Waals surface area contributed by atoms with E-state index >= 15 is 0 Å². The van der Waals surface area contributed by atoms with Crippen molar-refractivity contribution in [3.8, 4) is 5.82 Å². The first-order valence-corrected chi connectivity index (χ1v) is 6.35. The molecule has 3 rings (SSSR count). The Balaban J connectivity index is 1.68. The largest absolute Gasteiger partial charge is 0.380 e. The number of hydrogen-bond donors (Lipinski definition) is 1. The second-order valence-electron chi connectivity index (χ2n) is 4.49. The molecule has 0 aliphatic carbocycles. The van der Waals surface area contributed by atoms with Crippen LogP contribution in [0.25, 0.3) is 5.82 Å². The summed E-state index contributed by atoms with van der Waals surface area (Å²) in [6.07, 6.45) is 5.12. The Morgan fingerprint density at radius 2 is 1.90 bits per heavy atom. The van der Waals surface area contributed by atoms with Crippen LogP contribution in [0, 0.1) is 11.6 Å². The molecular formula is C15H12F2N4. The maximum atomic E-state index is 13.1. The molecule has 0 aliphatic heterocycles. The zero-order valence-electron chi connectivity index (χ0n) is 11.0. The highest BCUT2D eigenvalue weighted by Gasteiger charge is 2.02. The van der Waals surface area contributed by atoms with Gasteiger partial charge in [-0.1, -0.05) is 0 Å². The number of rotatable bonds is 4. The van der Waals surface area contributed by atoms with Gasteiger partial charge in [-0.3, -0.25) is 0 Å². The number of hydrogen-bond acceptors (Lipinski definition) is 3. The minimum absolute atomic E-state index is 0.317. The first kappa shape index (κ1) is 13.2. The summed E-state index contributed by atoms with van der Waals surface area (Å²) in [5.41, 5.74) is 1.29. The van der Waals surface area contributed by atoms with E-state index in [-0.39, 0.29) is 0 Å². The minimum Gasteiger partial charge on any atom is -0.380 e. The summed E-state index contributed by atoms with van der Waals surface area (Å²) in [5, 5.41) is 7.14. The average Bonchev–Trinajstić information content (AvgIpc) is 2.99. The molecule has 0 bridgehead atoms. The van der Waals surface area contributed by atoms with E-state index in [4.69, 9.17) is 0 Å². The topological polar surface area (TPSA) is 42.7 Å². The van der Waals surface area contributed by atoms with E-state index in [1.54, 1.807) is 23.3 Å². The number of aromatic nitrogens is 3. The highest BCUT2D eigenvalue weighted by molar-refractivity contribution is 5.44. The van der Waals surface area contributed by atoms with Crippen LogP contribution in [0.4, 0.5) is 14.5 Å². The normalized spacial score (nSPS) is 10.6. The Labute approximate surface area is 120 Å². The van der Waals surface area contributed by atoms with E-state index in [0.717, 1.165) is 11.8 Å². The first-order valence-electron chi connectivity index (χ1n) is 6.35. The molecule has 1 aromatic carbocycles. The minimum atomic E-state index is -0.584. The zero-order valence-corrected chi connectivity index (χ0v) is 11.0. The first-order chi connectivity index (χ1) is 10.2. The molecule has 0 saturated carbocycles. The SMILES string of the molecule is Fc1cc(F)cc(CNc2ccc(-n3cccn3)nc2)c1. The van der Waals surface area contributed by atoms with Crippen LogP contribution in [-0.2, 0) is 6.54 Å². The molecule has 0 radical (unpaired) electrons. The monoisotopic (exact) mass is 286 g/mol. The number of halogens is 2. The lowest BCUT2D eigenvalue weighted by Crippen LogP contribution is -2.02. The highest BCUT2D eigenvalue weighted by atomic mass is 19.1. The van der Waals surface area contributed by atoms with E-state index in [1.807, 2.05) is 18.2 Å². The summed E-state index contributed by atoms with van der Waals surface area (Å²) in [7, 11) is 0. The van der Waals surface area contributed by atoms with Crippen LogP contribution >= 0.6 is 0 Å². The Morgan fingerprint density at radius 3 is 2.52 bits per heavy atom. The summed E-state index contributed by atoms with van der Waals surface area (Å²) < 4.78 is 27.8. The molecule has 0 atom stereocenters. The van der Waals surface area contributed by atoms with Crippen LogP contribution in [0.1, 0.15) is 5.56 Å². The lowest BCUT2D eigenvalue weighted by Gasteiger charge is -2.07. The third-order valence-electron chi connectivity index (χ3n) is 2.91. The summed E-state index contributed by atoms with van der Waals surface area (Å²) in [5.74, 6) is -0.472. The van der Waals surface area contributed by atoms with Crippen molar-refractivity contribution in [3.63, 3.8) is 0 Å². The third kappa shape index (κ3) is 3.22. The number of pyridine rings is 1. The summed E-state index contributed by atoms with van der Waals surface area (Å²) in [6.45, 7) is 0.317. The fourth-order valence-electron chi connectivity index (χ4n) is 1.95. The molecule has 0 fully saturated rings. The van der Waals surface area contributed by atoms with Crippen LogP contribution in [0.5, 0.6) is 0 Å². The predicted molar refractivity (Wildman–Crippen MR) is 75.0 cm³/mol.